The topological polar surface area (TPSA) is 20.2 Å². The zero-order valence-electron chi connectivity index (χ0n) is 12.2. The van der Waals surface area contributed by atoms with E-state index in [1.807, 2.05) is 12.1 Å². The lowest BCUT2D eigenvalue weighted by molar-refractivity contribution is 0.474. The van der Waals surface area contributed by atoms with Crippen molar-refractivity contribution in [2.24, 2.45) is 0 Å². The fraction of sp³-hybridized carbons (Fsp3) is 0.333. The van der Waals surface area contributed by atoms with E-state index in [1.165, 1.54) is 16.7 Å². The third-order valence-corrected chi connectivity index (χ3v) is 4.96. The highest BCUT2D eigenvalue weighted by Gasteiger charge is 2.19. The van der Waals surface area contributed by atoms with Crippen LogP contribution in [0.25, 0.3) is 0 Å². The van der Waals surface area contributed by atoms with Crippen LogP contribution in [0.15, 0.2) is 46.9 Å². The summed E-state index contributed by atoms with van der Waals surface area (Å²) in [5.41, 5.74) is 3.93. The van der Waals surface area contributed by atoms with Crippen LogP contribution in [0.1, 0.15) is 48.8 Å². The van der Waals surface area contributed by atoms with Crippen molar-refractivity contribution in [2.75, 3.05) is 0 Å². The molecule has 0 saturated heterocycles. The smallest absolute Gasteiger partial charge is 0.115 e. The summed E-state index contributed by atoms with van der Waals surface area (Å²) in [5.74, 6) is 1.25. The molecule has 0 spiro atoms. The minimum atomic E-state index is 0.329. The number of aryl methyl sites for hydroxylation is 1. The second kappa shape index (κ2) is 6.45. The number of hydrogen-bond donors (Lipinski definition) is 1. The van der Waals surface area contributed by atoms with Crippen LogP contribution in [0.2, 0.25) is 0 Å². The van der Waals surface area contributed by atoms with Gasteiger partial charge in [-0.25, -0.2) is 0 Å². The Labute approximate surface area is 129 Å². The van der Waals surface area contributed by atoms with E-state index in [2.05, 4.69) is 54.9 Å². The van der Waals surface area contributed by atoms with E-state index in [0.717, 1.165) is 10.9 Å². The third kappa shape index (κ3) is 3.24. The highest BCUT2D eigenvalue weighted by atomic mass is 79.9. The normalized spacial score (nSPS) is 14.0. The molecule has 106 valence electrons. The molecule has 1 N–H and O–H groups in total. The molecule has 2 unspecified atom stereocenters. The zero-order chi connectivity index (χ0) is 14.7. The largest absolute Gasteiger partial charge is 0.508 e. The Morgan fingerprint density at radius 3 is 2.20 bits per heavy atom. The van der Waals surface area contributed by atoms with Crippen LogP contribution in [0.4, 0.5) is 0 Å². The summed E-state index contributed by atoms with van der Waals surface area (Å²) >= 11 is 3.56. The van der Waals surface area contributed by atoms with Crippen molar-refractivity contribution in [3.05, 3.63) is 63.6 Å². The maximum Gasteiger partial charge on any atom is 0.115 e. The van der Waals surface area contributed by atoms with Crippen LogP contribution in [0.3, 0.4) is 0 Å². The minimum absolute atomic E-state index is 0.329. The Balaban J connectivity index is 2.30. The second-order valence-corrected chi connectivity index (χ2v) is 6.26. The number of rotatable bonds is 4. The zero-order valence-corrected chi connectivity index (χ0v) is 13.8. The summed E-state index contributed by atoms with van der Waals surface area (Å²) < 4.78 is 1.16. The molecule has 0 fully saturated rings. The monoisotopic (exact) mass is 332 g/mol. The quantitative estimate of drug-likeness (QED) is 0.754. The molecule has 2 rings (SSSR count). The summed E-state index contributed by atoms with van der Waals surface area (Å²) in [6.45, 7) is 6.63. The highest BCUT2D eigenvalue weighted by Crippen LogP contribution is 2.36. The molecular formula is C18H21BrO. The first-order valence-corrected chi connectivity index (χ1v) is 7.87. The van der Waals surface area contributed by atoms with Gasteiger partial charge < -0.3 is 5.11 Å². The van der Waals surface area contributed by atoms with Crippen LogP contribution < -0.4 is 0 Å². The molecule has 2 heteroatoms. The minimum Gasteiger partial charge on any atom is -0.508 e. The molecule has 0 aliphatic carbocycles. The molecule has 2 atom stereocenters. The van der Waals surface area contributed by atoms with Gasteiger partial charge in [0.25, 0.3) is 0 Å². The molecule has 0 saturated carbocycles. The lowest BCUT2D eigenvalue weighted by Gasteiger charge is -2.24. The number of benzene rings is 2. The molecule has 0 heterocycles. The summed E-state index contributed by atoms with van der Waals surface area (Å²) in [6, 6.07) is 14.2. The average Bonchev–Trinajstić information content (AvgIpc) is 2.44. The molecule has 0 bridgehead atoms. The Kier molecular flexibility index (Phi) is 4.87. The first kappa shape index (κ1) is 15.1. The third-order valence-electron chi connectivity index (χ3n) is 4.07. The van der Waals surface area contributed by atoms with E-state index in [9.17, 15) is 5.11 Å². The molecule has 0 radical (unpaired) electrons. The van der Waals surface area contributed by atoms with Crippen molar-refractivity contribution in [3.8, 4) is 5.75 Å². The van der Waals surface area contributed by atoms with Gasteiger partial charge in [-0.05, 0) is 60.1 Å². The standard InChI is InChI=1S/C18H21BrO/c1-4-17(14-5-8-16(20)9-6-14)13(3)15-7-10-18(19)12(2)11-15/h5-11,13,17,20H,4H2,1-3H3. The molecular weight excluding hydrogens is 312 g/mol. The Morgan fingerprint density at radius 1 is 1.05 bits per heavy atom. The van der Waals surface area contributed by atoms with Crippen molar-refractivity contribution in [2.45, 2.75) is 39.0 Å². The number of phenolic OH excluding ortho intramolecular Hbond substituents is 1. The predicted molar refractivity (Wildman–Crippen MR) is 88.4 cm³/mol. The number of halogens is 1. The maximum absolute atomic E-state index is 9.43. The van der Waals surface area contributed by atoms with E-state index < -0.39 is 0 Å². The summed E-state index contributed by atoms with van der Waals surface area (Å²) in [7, 11) is 0. The summed E-state index contributed by atoms with van der Waals surface area (Å²) in [6.07, 6.45) is 1.08. The van der Waals surface area contributed by atoms with E-state index in [1.54, 1.807) is 12.1 Å². The van der Waals surface area contributed by atoms with Crippen LogP contribution in [-0.2, 0) is 0 Å². The van der Waals surface area contributed by atoms with Gasteiger partial charge >= 0.3 is 0 Å². The fourth-order valence-corrected chi connectivity index (χ4v) is 3.03. The van der Waals surface area contributed by atoms with Gasteiger partial charge in [0.2, 0.25) is 0 Å². The van der Waals surface area contributed by atoms with Gasteiger partial charge in [0.15, 0.2) is 0 Å². The lowest BCUT2D eigenvalue weighted by Crippen LogP contribution is -2.08. The average molecular weight is 333 g/mol. The van der Waals surface area contributed by atoms with Crippen LogP contribution in [0, 0.1) is 6.92 Å². The number of phenols is 1. The van der Waals surface area contributed by atoms with Crippen LogP contribution >= 0.6 is 15.9 Å². The molecule has 0 aliphatic rings. The van der Waals surface area contributed by atoms with Gasteiger partial charge in [-0.1, -0.05) is 54.0 Å². The van der Waals surface area contributed by atoms with Gasteiger partial charge in [-0.15, -0.1) is 0 Å². The molecule has 1 nitrogen and oxygen atoms in total. The van der Waals surface area contributed by atoms with Gasteiger partial charge in [0.05, 0.1) is 0 Å². The van der Waals surface area contributed by atoms with Gasteiger partial charge in [0, 0.05) is 4.47 Å². The molecule has 0 amide bonds. The molecule has 2 aromatic carbocycles. The van der Waals surface area contributed by atoms with Gasteiger partial charge in [-0.2, -0.15) is 0 Å². The van der Waals surface area contributed by atoms with Crippen LogP contribution in [0.5, 0.6) is 5.75 Å². The molecule has 2 aromatic rings. The SMILES string of the molecule is CCC(c1ccc(O)cc1)C(C)c1ccc(Br)c(C)c1. The highest BCUT2D eigenvalue weighted by molar-refractivity contribution is 9.10. The van der Waals surface area contributed by atoms with Crippen molar-refractivity contribution >= 4 is 15.9 Å². The molecule has 0 aliphatic heterocycles. The van der Waals surface area contributed by atoms with E-state index >= 15 is 0 Å². The van der Waals surface area contributed by atoms with Crippen molar-refractivity contribution in [3.63, 3.8) is 0 Å². The van der Waals surface area contributed by atoms with Gasteiger partial charge in [0.1, 0.15) is 5.75 Å². The van der Waals surface area contributed by atoms with Crippen molar-refractivity contribution < 1.29 is 5.11 Å². The first-order chi connectivity index (χ1) is 9.52. The number of hydrogen-bond acceptors (Lipinski definition) is 1. The Morgan fingerprint density at radius 2 is 1.65 bits per heavy atom. The fourth-order valence-electron chi connectivity index (χ4n) is 2.78. The first-order valence-electron chi connectivity index (χ1n) is 7.08. The van der Waals surface area contributed by atoms with E-state index in [4.69, 9.17) is 0 Å². The van der Waals surface area contributed by atoms with E-state index in [0.29, 0.717) is 17.6 Å². The summed E-state index contributed by atoms with van der Waals surface area (Å²) in [4.78, 5) is 0. The lowest BCUT2D eigenvalue weighted by atomic mass is 9.81. The van der Waals surface area contributed by atoms with Gasteiger partial charge in [-0.3, -0.25) is 0 Å². The molecule has 20 heavy (non-hydrogen) atoms. The second-order valence-electron chi connectivity index (χ2n) is 5.40. The maximum atomic E-state index is 9.43. The number of aromatic hydroxyl groups is 1. The van der Waals surface area contributed by atoms with Crippen molar-refractivity contribution in [1.82, 2.24) is 0 Å². The Hall–Kier alpha value is -1.28. The van der Waals surface area contributed by atoms with Crippen LogP contribution in [-0.4, -0.2) is 5.11 Å². The van der Waals surface area contributed by atoms with E-state index in [-0.39, 0.29) is 0 Å². The van der Waals surface area contributed by atoms with Crippen molar-refractivity contribution in [1.29, 1.82) is 0 Å². The molecule has 0 aromatic heterocycles. The Bertz CT molecular complexity index is 574. The predicted octanol–water partition coefficient (Wildman–Crippen LogP) is 5.76. The summed E-state index contributed by atoms with van der Waals surface area (Å²) in [5, 5.41) is 9.43.